The maximum Gasteiger partial charge on any atom is 0.405 e. The molecule has 1 aliphatic carbocycles. The van der Waals surface area contributed by atoms with Gasteiger partial charge < -0.3 is 15.2 Å². The number of hydrogen-bond donors (Lipinski definition) is 2. The molecule has 0 aliphatic heterocycles. The van der Waals surface area contributed by atoms with Gasteiger partial charge in [-0.3, -0.25) is 0 Å². The molecule has 7 heteroatoms. The van der Waals surface area contributed by atoms with Gasteiger partial charge in [0, 0.05) is 9.37 Å². The highest BCUT2D eigenvalue weighted by molar-refractivity contribution is 9.10. The fourth-order valence-corrected chi connectivity index (χ4v) is 3.93. The average Bonchev–Trinajstić information content (AvgIpc) is 2.92. The Labute approximate surface area is 142 Å². The predicted molar refractivity (Wildman–Crippen MR) is 88.5 cm³/mol. The molecule has 1 saturated carbocycles. The zero-order valence-electron chi connectivity index (χ0n) is 12.2. The fourth-order valence-electron chi connectivity index (χ4n) is 2.74. The van der Waals surface area contributed by atoms with Crippen molar-refractivity contribution < 1.29 is 14.6 Å². The Bertz CT molecular complexity index is 610. The van der Waals surface area contributed by atoms with Crippen LogP contribution in [0.25, 0.3) is 0 Å². The molecule has 0 heterocycles. The molecule has 118 valence electrons. The lowest BCUT2D eigenvalue weighted by molar-refractivity contribution is 0.149. The number of benzene rings is 1. The highest BCUT2D eigenvalue weighted by atomic mass is 79.9. The van der Waals surface area contributed by atoms with Gasteiger partial charge in [0.15, 0.2) is 0 Å². The van der Waals surface area contributed by atoms with Gasteiger partial charge in [-0.25, -0.2) is 4.79 Å². The molecule has 0 atom stereocenters. The number of amides is 1. The van der Waals surface area contributed by atoms with Crippen LogP contribution in [-0.2, 0) is 0 Å². The molecule has 1 aromatic rings. The molecule has 1 aromatic carbocycles. The maximum atomic E-state index is 11.0. The summed E-state index contributed by atoms with van der Waals surface area (Å²) in [6.07, 6.45) is 4.32. The summed E-state index contributed by atoms with van der Waals surface area (Å²) in [5.41, 5.74) is -0.0698. The summed E-state index contributed by atoms with van der Waals surface area (Å²) in [5.74, 6) is 0.486. The van der Waals surface area contributed by atoms with E-state index in [1.807, 2.05) is 12.3 Å². The zero-order valence-corrected chi connectivity index (χ0v) is 14.6. The van der Waals surface area contributed by atoms with Crippen molar-refractivity contribution in [1.82, 2.24) is 5.32 Å². The predicted octanol–water partition coefficient (Wildman–Crippen LogP) is 4.00. The van der Waals surface area contributed by atoms with Crippen LogP contribution >= 0.6 is 27.7 Å². The van der Waals surface area contributed by atoms with E-state index >= 15 is 0 Å². The second kappa shape index (κ2) is 7.25. The zero-order chi connectivity index (χ0) is 16.2. The Morgan fingerprint density at radius 3 is 2.77 bits per heavy atom. The Hall–Kier alpha value is -1.39. The van der Waals surface area contributed by atoms with Gasteiger partial charge in [0.2, 0.25) is 0 Å². The van der Waals surface area contributed by atoms with E-state index in [2.05, 4.69) is 27.3 Å². The summed E-state index contributed by atoms with van der Waals surface area (Å²) >= 11 is 4.89. The van der Waals surface area contributed by atoms with Crippen LogP contribution < -0.4 is 10.1 Å². The Morgan fingerprint density at radius 1 is 1.55 bits per heavy atom. The summed E-state index contributed by atoms with van der Waals surface area (Å²) in [4.78, 5) is 11.9. The first-order valence-corrected chi connectivity index (χ1v) is 8.93. The molecule has 0 unspecified atom stereocenters. The van der Waals surface area contributed by atoms with E-state index in [-0.39, 0.29) is 6.61 Å². The Morgan fingerprint density at radius 2 is 2.23 bits per heavy atom. The normalized spacial score (nSPS) is 16.0. The van der Waals surface area contributed by atoms with E-state index in [9.17, 15) is 10.1 Å². The lowest BCUT2D eigenvalue weighted by atomic mass is 9.99. The number of nitrogens with zero attached hydrogens (tertiary/aromatic N) is 1. The Kier molecular flexibility index (Phi) is 5.59. The van der Waals surface area contributed by atoms with Crippen molar-refractivity contribution in [3.05, 3.63) is 22.2 Å². The van der Waals surface area contributed by atoms with Crippen LogP contribution in [0.15, 0.2) is 21.5 Å². The second-order valence-corrected chi connectivity index (χ2v) is 7.06. The average molecular weight is 385 g/mol. The van der Waals surface area contributed by atoms with Crippen molar-refractivity contribution in [1.29, 1.82) is 5.26 Å². The van der Waals surface area contributed by atoms with Crippen molar-refractivity contribution in [2.45, 2.75) is 36.1 Å². The van der Waals surface area contributed by atoms with Gasteiger partial charge in [0.25, 0.3) is 0 Å². The molecule has 2 rings (SSSR count). The Balaban J connectivity index is 2.21. The van der Waals surface area contributed by atoms with Gasteiger partial charge >= 0.3 is 6.09 Å². The summed E-state index contributed by atoms with van der Waals surface area (Å²) in [6, 6.07) is 5.79. The maximum absolute atomic E-state index is 11.0. The lowest BCUT2D eigenvalue weighted by Crippen LogP contribution is -2.50. The van der Waals surface area contributed by atoms with E-state index in [1.165, 1.54) is 11.8 Å². The first kappa shape index (κ1) is 17.0. The summed E-state index contributed by atoms with van der Waals surface area (Å²) in [7, 11) is 0. The van der Waals surface area contributed by atoms with Gasteiger partial charge in [0.1, 0.15) is 24.0 Å². The summed E-state index contributed by atoms with van der Waals surface area (Å²) in [6.45, 7) is 0.234. The van der Waals surface area contributed by atoms with Crippen molar-refractivity contribution in [2.75, 3.05) is 12.9 Å². The third kappa shape index (κ3) is 3.87. The molecular weight excluding hydrogens is 368 g/mol. The molecule has 1 amide bonds. The SMILES string of the molecule is CSc1cc(Br)cc(OCC2(NC(=O)O)CCCC2)c1C#N. The van der Waals surface area contributed by atoms with E-state index in [1.54, 1.807) is 6.07 Å². The summed E-state index contributed by atoms with van der Waals surface area (Å²) in [5, 5.41) is 21.0. The number of carboxylic acid groups (broad SMARTS) is 1. The van der Waals surface area contributed by atoms with Crippen molar-refractivity contribution in [2.24, 2.45) is 0 Å². The standard InChI is InChI=1S/C15H17BrN2O3S/c1-22-13-7-10(16)6-12(11(13)8-17)21-9-15(18-14(19)20)4-2-3-5-15/h6-7,18H,2-5,9H2,1H3,(H,19,20). The van der Waals surface area contributed by atoms with Crippen LogP contribution in [0.5, 0.6) is 5.75 Å². The number of thioether (sulfide) groups is 1. The first-order valence-electron chi connectivity index (χ1n) is 6.91. The molecule has 0 bridgehead atoms. The first-order chi connectivity index (χ1) is 10.5. The minimum absolute atomic E-state index is 0.234. The van der Waals surface area contributed by atoms with Crippen LogP contribution in [0.3, 0.4) is 0 Å². The molecule has 22 heavy (non-hydrogen) atoms. The lowest BCUT2D eigenvalue weighted by Gasteiger charge is -2.29. The van der Waals surface area contributed by atoms with Gasteiger partial charge in [0.05, 0.1) is 5.54 Å². The topological polar surface area (TPSA) is 82.3 Å². The van der Waals surface area contributed by atoms with E-state index in [4.69, 9.17) is 9.84 Å². The molecule has 2 N–H and O–H groups in total. The molecule has 0 saturated heterocycles. The van der Waals surface area contributed by atoms with Crippen molar-refractivity contribution in [3.8, 4) is 11.8 Å². The van der Waals surface area contributed by atoms with E-state index in [0.717, 1.165) is 35.1 Å². The highest BCUT2D eigenvalue weighted by Crippen LogP contribution is 2.35. The third-order valence-corrected chi connectivity index (χ3v) is 5.02. The monoisotopic (exact) mass is 384 g/mol. The molecule has 1 aliphatic rings. The van der Waals surface area contributed by atoms with Crippen LogP contribution in [0.4, 0.5) is 4.79 Å². The minimum atomic E-state index is -1.04. The quantitative estimate of drug-likeness (QED) is 0.749. The number of hydrogen-bond acceptors (Lipinski definition) is 4. The van der Waals surface area contributed by atoms with Gasteiger partial charge in [-0.15, -0.1) is 11.8 Å². The fraction of sp³-hybridized carbons (Fsp3) is 0.467. The second-order valence-electron chi connectivity index (χ2n) is 5.30. The largest absolute Gasteiger partial charge is 0.490 e. The molecular formula is C15H17BrN2O3S. The van der Waals surface area contributed by atoms with Gasteiger partial charge in [-0.1, -0.05) is 28.8 Å². The number of halogens is 1. The minimum Gasteiger partial charge on any atom is -0.490 e. The number of nitrogens with one attached hydrogen (secondary N) is 1. The third-order valence-electron chi connectivity index (χ3n) is 3.80. The molecule has 1 fully saturated rings. The van der Waals surface area contributed by atoms with Gasteiger partial charge in [-0.2, -0.15) is 5.26 Å². The molecule has 0 radical (unpaired) electrons. The van der Waals surface area contributed by atoms with Crippen molar-refractivity contribution in [3.63, 3.8) is 0 Å². The number of ether oxygens (including phenoxy) is 1. The van der Waals surface area contributed by atoms with Crippen LogP contribution in [-0.4, -0.2) is 29.6 Å². The molecule has 0 aromatic heterocycles. The van der Waals surface area contributed by atoms with E-state index in [0.29, 0.717) is 11.3 Å². The van der Waals surface area contributed by atoms with E-state index < -0.39 is 11.6 Å². The number of rotatable bonds is 5. The molecule has 0 spiro atoms. The number of carbonyl (C=O) groups is 1. The molecule has 5 nitrogen and oxygen atoms in total. The highest BCUT2D eigenvalue weighted by Gasteiger charge is 2.36. The summed E-state index contributed by atoms with van der Waals surface area (Å²) < 4.78 is 6.68. The van der Waals surface area contributed by atoms with Crippen molar-refractivity contribution >= 4 is 33.8 Å². The van der Waals surface area contributed by atoms with Crippen LogP contribution in [0.1, 0.15) is 31.2 Å². The van der Waals surface area contributed by atoms with Crippen LogP contribution in [0, 0.1) is 11.3 Å². The number of nitriles is 1. The van der Waals surface area contributed by atoms with Gasteiger partial charge in [-0.05, 0) is 31.2 Å². The smallest absolute Gasteiger partial charge is 0.405 e. The van der Waals surface area contributed by atoms with Crippen LogP contribution in [0.2, 0.25) is 0 Å².